The molecule has 2 heterocycles. The summed E-state index contributed by atoms with van der Waals surface area (Å²) in [7, 11) is 1.59. The van der Waals surface area contributed by atoms with Crippen LogP contribution >= 0.6 is 0 Å². The topological polar surface area (TPSA) is 49.9 Å². The molecule has 3 rings (SSSR count). The molecule has 1 spiro atoms. The van der Waals surface area contributed by atoms with E-state index in [0.717, 1.165) is 18.5 Å². The fourth-order valence-corrected chi connectivity index (χ4v) is 3.93. The molecule has 2 aliphatic rings. The normalized spacial score (nSPS) is 20.2. The van der Waals surface area contributed by atoms with E-state index in [4.69, 9.17) is 4.74 Å². The van der Waals surface area contributed by atoms with Gasteiger partial charge in [-0.15, -0.1) is 0 Å². The van der Waals surface area contributed by atoms with Crippen molar-refractivity contribution in [1.29, 1.82) is 0 Å². The number of carbonyl (C=O) groups is 2. The number of anilines is 1. The Bertz CT molecular complexity index is 624. The SMILES string of the molecule is COCCC(=O)N1CCC2(CCCN(c3ccc(F)cc3)C2=O)CC1. The lowest BCUT2D eigenvalue weighted by Gasteiger charge is -2.46. The third-order valence-corrected chi connectivity index (χ3v) is 5.47. The average molecular weight is 348 g/mol. The van der Waals surface area contributed by atoms with Crippen LogP contribution < -0.4 is 4.90 Å². The number of hydrogen-bond donors (Lipinski definition) is 0. The fourth-order valence-electron chi connectivity index (χ4n) is 3.93. The summed E-state index contributed by atoms with van der Waals surface area (Å²) in [6.45, 7) is 2.33. The van der Waals surface area contributed by atoms with Gasteiger partial charge in [-0.25, -0.2) is 4.39 Å². The Balaban J connectivity index is 1.67. The molecule has 25 heavy (non-hydrogen) atoms. The first-order chi connectivity index (χ1) is 12.1. The quantitative estimate of drug-likeness (QED) is 0.840. The van der Waals surface area contributed by atoms with E-state index in [-0.39, 0.29) is 23.0 Å². The predicted molar refractivity (Wildman–Crippen MR) is 92.7 cm³/mol. The van der Waals surface area contributed by atoms with Gasteiger partial charge in [-0.1, -0.05) is 0 Å². The molecule has 6 heteroatoms. The lowest BCUT2D eigenvalue weighted by atomic mass is 9.71. The second-order valence-corrected chi connectivity index (χ2v) is 6.94. The van der Waals surface area contributed by atoms with Gasteiger partial charge >= 0.3 is 0 Å². The van der Waals surface area contributed by atoms with E-state index >= 15 is 0 Å². The van der Waals surface area contributed by atoms with Crippen LogP contribution in [-0.4, -0.2) is 50.1 Å². The summed E-state index contributed by atoms with van der Waals surface area (Å²) in [6.07, 6.45) is 3.58. The van der Waals surface area contributed by atoms with Gasteiger partial charge in [-0.2, -0.15) is 0 Å². The Morgan fingerprint density at radius 3 is 2.48 bits per heavy atom. The van der Waals surface area contributed by atoms with Crippen LogP contribution in [0.15, 0.2) is 24.3 Å². The molecule has 2 aliphatic heterocycles. The Morgan fingerprint density at radius 1 is 1.16 bits per heavy atom. The lowest BCUT2D eigenvalue weighted by molar-refractivity contribution is -0.141. The molecule has 2 amide bonds. The van der Waals surface area contributed by atoms with Gasteiger partial charge in [0, 0.05) is 32.4 Å². The number of likely N-dealkylation sites (tertiary alicyclic amines) is 1. The smallest absolute Gasteiger partial charge is 0.233 e. The lowest BCUT2D eigenvalue weighted by Crippen LogP contribution is -2.54. The van der Waals surface area contributed by atoms with E-state index in [1.807, 2.05) is 4.90 Å². The van der Waals surface area contributed by atoms with E-state index in [9.17, 15) is 14.0 Å². The van der Waals surface area contributed by atoms with Crippen LogP contribution in [0.2, 0.25) is 0 Å². The highest BCUT2D eigenvalue weighted by molar-refractivity contribution is 5.98. The van der Waals surface area contributed by atoms with E-state index in [2.05, 4.69) is 0 Å². The molecule has 5 nitrogen and oxygen atoms in total. The van der Waals surface area contributed by atoms with Crippen molar-refractivity contribution in [3.05, 3.63) is 30.1 Å². The number of amides is 2. The standard InChI is InChI=1S/C19H25FN2O3/c1-25-14-7-17(23)21-12-9-19(10-13-21)8-2-11-22(18(19)24)16-5-3-15(20)4-6-16/h3-6H,2,7-14H2,1H3. The summed E-state index contributed by atoms with van der Waals surface area (Å²) in [5.74, 6) is -0.0875. The van der Waals surface area contributed by atoms with Crippen molar-refractivity contribution in [3.63, 3.8) is 0 Å². The van der Waals surface area contributed by atoms with Crippen LogP contribution in [0.5, 0.6) is 0 Å². The maximum absolute atomic E-state index is 13.2. The summed E-state index contributed by atoms with van der Waals surface area (Å²) in [6, 6.07) is 6.10. The van der Waals surface area contributed by atoms with Gasteiger partial charge in [-0.3, -0.25) is 9.59 Å². The molecule has 0 aliphatic carbocycles. The predicted octanol–water partition coefficient (Wildman–Crippen LogP) is 2.60. The molecule has 1 aromatic rings. The Hall–Kier alpha value is -1.95. The zero-order valence-electron chi connectivity index (χ0n) is 14.7. The molecule has 0 bridgehead atoms. The van der Waals surface area contributed by atoms with Gasteiger partial charge in [-0.05, 0) is 49.9 Å². The highest BCUT2D eigenvalue weighted by Crippen LogP contribution is 2.42. The summed E-state index contributed by atoms with van der Waals surface area (Å²) in [5.41, 5.74) is 0.370. The van der Waals surface area contributed by atoms with Crippen molar-refractivity contribution in [1.82, 2.24) is 4.90 Å². The fraction of sp³-hybridized carbons (Fsp3) is 0.579. The summed E-state index contributed by atoms with van der Waals surface area (Å²) < 4.78 is 18.1. The molecule has 0 saturated carbocycles. The minimum Gasteiger partial charge on any atom is -0.384 e. The molecule has 136 valence electrons. The first-order valence-corrected chi connectivity index (χ1v) is 8.90. The van der Waals surface area contributed by atoms with Crippen LogP contribution in [0.4, 0.5) is 10.1 Å². The number of benzene rings is 1. The Morgan fingerprint density at radius 2 is 1.84 bits per heavy atom. The number of hydrogen-bond acceptors (Lipinski definition) is 3. The second-order valence-electron chi connectivity index (χ2n) is 6.94. The van der Waals surface area contributed by atoms with Gasteiger partial charge < -0.3 is 14.5 Å². The molecular weight excluding hydrogens is 323 g/mol. The van der Waals surface area contributed by atoms with Crippen molar-refractivity contribution < 1.29 is 18.7 Å². The molecule has 0 atom stereocenters. The van der Waals surface area contributed by atoms with Crippen LogP contribution in [0.25, 0.3) is 0 Å². The third-order valence-electron chi connectivity index (χ3n) is 5.47. The van der Waals surface area contributed by atoms with Gasteiger partial charge in [0.2, 0.25) is 11.8 Å². The molecule has 0 N–H and O–H groups in total. The van der Waals surface area contributed by atoms with Gasteiger partial charge in [0.1, 0.15) is 5.82 Å². The monoisotopic (exact) mass is 348 g/mol. The van der Waals surface area contributed by atoms with Gasteiger partial charge in [0.15, 0.2) is 0 Å². The van der Waals surface area contributed by atoms with Crippen LogP contribution in [0.3, 0.4) is 0 Å². The molecule has 0 unspecified atom stereocenters. The average Bonchev–Trinajstić information content (AvgIpc) is 2.63. The van der Waals surface area contributed by atoms with Crippen LogP contribution in [0.1, 0.15) is 32.1 Å². The summed E-state index contributed by atoms with van der Waals surface area (Å²) in [4.78, 5) is 28.9. The van der Waals surface area contributed by atoms with E-state index in [1.165, 1.54) is 12.1 Å². The third kappa shape index (κ3) is 3.68. The minimum absolute atomic E-state index is 0.0929. The number of nitrogens with zero attached hydrogens (tertiary/aromatic N) is 2. The van der Waals surface area contributed by atoms with Crippen molar-refractivity contribution >= 4 is 17.5 Å². The van der Waals surface area contributed by atoms with Crippen molar-refractivity contribution in [3.8, 4) is 0 Å². The molecule has 2 fully saturated rings. The number of rotatable bonds is 4. The highest BCUT2D eigenvalue weighted by atomic mass is 19.1. The maximum Gasteiger partial charge on any atom is 0.233 e. The van der Waals surface area contributed by atoms with Crippen LogP contribution in [-0.2, 0) is 14.3 Å². The van der Waals surface area contributed by atoms with E-state index in [0.29, 0.717) is 45.5 Å². The van der Waals surface area contributed by atoms with Gasteiger partial charge in [0.05, 0.1) is 18.4 Å². The van der Waals surface area contributed by atoms with E-state index < -0.39 is 0 Å². The number of methoxy groups -OCH3 is 1. The summed E-state index contributed by atoms with van der Waals surface area (Å²) in [5, 5.41) is 0. The summed E-state index contributed by atoms with van der Waals surface area (Å²) >= 11 is 0. The van der Waals surface area contributed by atoms with Crippen LogP contribution in [0, 0.1) is 11.2 Å². The maximum atomic E-state index is 13.2. The first-order valence-electron chi connectivity index (χ1n) is 8.90. The van der Waals surface area contributed by atoms with Gasteiger partial charge in [0.25, 0.3) is 0 Å². The highest BCUT2D eigenvalue weighted by Gasteiger charge is 2.46. The first kappa shape index (κ1) is 17.9. The molecular formula is C19H25FN2O3. The Labute approximate surface area is 147 Å². The second kappa shape index (κ2) is 7.52. The number of piperidine rings is 2. The molecule has 2 saturated heterocycles. The molecule has 0 aromatic heterocycles. The number of ether oxygens (including phenoxy) is 1. The minimum atomic E-state index is -0.384. The van der Waals surface area contributed by atoms with Crippen molar-refractivity contribution in [2.45, 2.75) is 32.1 Å². The number of halogens is 1. The zero-order valence-corrected chi connectivity index (χ0v) is 14.7. The number of carbonyl (C=O) groups excluding carboxylic acids is 2. The zero-order chi connectivity index (χ0) is 17.9. The molecule has 1 aromatic carbocycles. The van der Waals surface area contributed by atoms with E-state index in [1.54, 1.807) is 24.1 Å². The van der Waals surface area contributed by atoms with Crippen molar-refractivity contribution in [2.24, 2.45) is 5.41 Å². The largest absolute Gasteiger partial charge is 0.384 e. The molecule has 0 radical (unpaired) electrons. The van der Waals surface area contributed by atoms with Crippen molar-refractivity contribution in [2.75, 3.05) is 38.3 Å². The Kier molecular flexibility index (Phi) is 5.37.